The lowest BCUT2D eigenvalue weighted by Crippen LogP contribution is -2.32. The van der Waals surface area contributed by atoms with E-state index in [1.165, 1.54) is 12.1 Å². The zero-order valence-corrected chi connectivity index (χ0v) is 11.0. The van der Waals surface area contributed by atoms with Crippen molar-refractivity contribution in [2.24, 2.45) is 0 Å². The Morgan fingerprint density at radius 2 is 2.35 bits per heavy atom. The summed E-state index contributed by atoms with van der Waals surface area (Å²) in [6.45, 7) is 1.25. The summed E-state index contributed by atoms with van der Waals surface area (Å²) in [7, 11) is 0. The fourth-order valence-electron chi connectivity index (χ4n) is 2.16. The number of hydrogen-bond acceptors (Lipinski definition) is 5. The molecule has 7 heteroatoms. The fourth-order valence-corrected chi connectivity index (χ4v) is 2.16. The van der Waals surface area contributed by atoms with Gasteiger partial charge < -0.3 is 15.8 Å². The van der Waals surface area contributed by atoms with Gasteiger partial charge in [-0.05, 0) is 24.5 Å². The van der Waals surface area contributed by atoms with Gasteiger partial charge in [0.25, 0.3) is 5.69 Å². The number of nitro groups is 1. The smallest absolute Gasteiger partial charge is 0.292 e. The first-order chi connectivity index (χ1) is 9.56. The lowest BCUT2D eigenvalue weighted by molar-refractivity contribution is -0.383. The molecule has 108 valence electrons. The van der Waals surface area contributed by atoms with Gasteiger partial charge in [-0.2, -0.15) is 0 Å². The second-order valence-corrected chi connectivity index (χ2v) is 4.77. The monoisotopic (exact) mass is 279 g/mol. The van der Waals surface area contributed by atoms with Crippen LogP contribution < -0.4 is 11.1 Å². The Morgan fingerprint density at radius 1 is 1.55 bits per heavy atom. The highest BCUT2D eigenvalue weighted by molar-refractivity contribution is 5.79. The Labute approximate surface area is 116 Å². The van der Waals surface area contributed by atoms with E-state index >= 15 is 0 Å². The second kappa shape index (κ2) is 6.33. The number of hydrogen-bond donors (Lipinski definition) is 2. The third-order valence-corrected chi connectivity index (χ3v) is 3.20. The summed E-state index contributed by atoms with van der Waals surface area (Å²) in [6, 6.07) is 4.32. The average molecular weight is 279 g/mol. The van der Waals surface area contributed by atoms with Crippen molar-refractivity contribution in [2.45, 2.75) is 25.4 Å². The van der Waals surface area contributed by atoms with E-state index < -0.39 is 4.92 Å². The number of nitro benzene ring substituents is 1. The van der Waals surface area contributed by atoms with Crippen LogP contribution in [0, 0.1) is 10.1 Å². The summed E-state index contributed by atoms with van der Waals surface area (Å²) in [5.74, 6) is -0.145. The van der Waals surface area contributed by atoms with Crippen LogP contribution in [0.25, 0.3) is 0 Å². The molecule has 0 aliphatic carbocycles. The van der Waals surface area contributed by atoms with Crippen molar-refractivity contribution in [3.8, 4) is 0 Å². The van der Waals surface area contributed by atoms with Gasteiger partial charge in [-0.15, -0.1) is 0 Å². The van der Waals surface area contributed by atoms with Gasteiger partial charge in [0.1, 0.15) is 5.69 Å². The number of nitrogens with one attached hydrogen (secondary N) is 1. The summed E-state index contributed by atoms with van der Waals surface area (Å²) < 4.78 is 5.41. The minimum Gasteiger partial charge on any atom is -0.393 e. The summed E-state index contributed by atoms with van der Waals surface area (Å²) in [5.41, 5.74) is 6.15. The number of amides is 1. The number of carbonyl (C=O) groups excluding carboxylic acids is 1. The molecule has 1 amide bonds. The zero-order valence-electron chi connectivity index (χ0n) is 11.0. The van der Waals surface area contributed by atoms with Crippen molar-refractivity contribution < 1.29 is 14.5 Å². The molecule has 1 atom stereocenters. The second-order valence-electron chi connectivity index (χ2n) is 4.77. The normalized spacial score (nSPS) is 17.9. The summed E-state index contributed by atoms with van der Waals surface area (Å²) in [4.78, 5) is 21.9. The van der Waals surface area contributed by atoms with E-state index in [0.717, 1.165) is 19.4 Å². The van der Waals surface area contributed by atoms with Crippen LogP contribution in [0.2, 0.25) is 0 Å². The molecule has 3 N–H and O–H groups in total. The van der Waals surface area contributed by atoms with Gasteiger partial charge in [-0.3, -0.25) is 14.9 Å². The minimum absolute atomic E-state index is 0.0689. The maximum absolute atomic E-state index is 11.8. The third-order valence-electron chi connectivity index (χ3n) is 3.20. The maximum Gasteiger partial charge on any atom is 0.292 e. The van der Waals surface area contributed by atoms with Crippen molar-refractivity contribution in [3.05, 3.63) is 33.9 Å². The predicted octanol–water partition coefficient (Wildman–Crippen LogP) is 1.01. The molecule has 1 aliphatic rings. The maximum atomic E-state index is 11.8. The molecule has 1 aromatic carbocycles. The van der Waals surface area contributed by atoms with Crippen molar-refractivity contribution in [1.29, 1.82) is 0 Å². The molecule has 0 spiro atoms. The minimum atomic E-state index is -0.545. The van der Waals surface area contributed by atoms with Gasteiger partial charge >= 0.3 is 0 Å². The number of benzene rings is 1. The van der Waals surface area contributed by atoms with Gasteiger partial charge in [-0.25, -0.2) is 0 Å². The van der Waals surface area contributed by atoms with E-state index in [-0.39, 0.29) is 29.8 Å². The molecule has 2 rings (SSSR count). The number of anilines is 1. The van der Waals surface area contributed by atoms with Gasteiger partial charge in [0.15, 0.2) is 0 Å². The molecule has 0 saturated carbocycles. The zero-order chi connectivity index (χ0) is 14.5. The average Bonchev–Trinajstić information content (AvgIpc) is 2.89. The van der Waals surface area contributed by atoms with Crippen LogP contribution in [-0.2, 0) is 16.0 Å². The Hall–Kier alpha value is -2.15. The molecular formula is C13H17N3O4. The van der Waals surface area contributed by atoms with Crippen molar-refractivity contribution in [2.75, 3.05) is 18.9 Å². The molecule has 1 saturated heterocycles. The van der Waals surface area contributed by atoms with Crippen LogP contribution in [0.3, 0.4) is 0 Å². The molecule has 1 aromatic rings. The highest BCUT2D eigenvalue weighted by Crippen LogP contribution is 2.22. The number of nitrogen functional groups attached to an aromatic ring is 1. The fraction of sp³-hybridized carbons (Fsp3) is 0.462. The van der Waals surface area contributed by atoms with Gasteiger partial charge in [0.2, 0.25) is 5.91 Å². The number of nitrogens with two attached hydrogens (primary N) is 1. The van der Waals surface area contributed by atoms with Crippen molar-refractivity contribution >= 4 is 17.3 Å². The topological polar surface area (TPSA) is 107 Å². The van der Waals surface area contributed by atoms with Crippen LogP contribution in [-0.4, -0.2) is 30.1 Å². The van der Waals surface area contributed by atoms with Gasteiger partial charge in [-0.1, -0.05) is 6.07 Å². The van der Waals surface area contributed by atoms with Crippen LogP contribution in [0.1, 0.15) is 18.4 Å². The van der Waals surface area contributed by atoms with E-state index in [2.05, 4.69) is 5.32 Å². The molecule has 1 aliphatic heterocycles. The van der Waals surface area contributed by atoms with Gasteiger partial charge in [0, 0.05) is 19.2 Å². The molecule has 0 radical (unpaired) electrons. The van der Waals surface area contributed by atoms with Crippen LogP contribution in [0.4, 0.5) is 11.4 Å². The van der Waals surface area contributed by atoms with Crippen LogP contribution >= 0.6 is 0 Å². The largest absolute Gasteiger partial charge is 0.393 e. The van der Waals surface area contributed by atoms with Crippen LogP contribution in [0.15, 0.2) is 18.2 Å². The predicted molar refractivity (Wildman–Crippen MR) is 73.2 cm³/mol. The number of nitrogens with zero attached hydrogens (tertiary/aromatic N) is 1. The molecule has 0 unspecified atom stereocenters. The molecule has 1 fully saturated rings. The Balaban J connectivity index is 1.87. The number of rotatable bonds is 5. The summed E-state index contributed by atoms with van der Waals surface area (Å²) in [6.07, 6.45) is 2.24. The molecule has 7 nitrogen and oxygen atoms in total. The van der Waals surface area contributed by atoms with Crippen LogP contribution in [0.5, 0.6) is 0 Å². The Kier molecular flexibility index (Phi) is 4.52. The Bertz CT molecular complexity index is 512. The highest BCUT2D eigenvalue weighted by atomic mass is 16.6. The Morgan fingerprint density at radius 3 is 2.95 bits per heavy atom. The van der Waals surface area contributed by atoms with E-state index in [1.54, 1.807) is 6.07 Å². The van der Waals surface area contributed by atoms with Crippen molar-refractivity contribution in [1.82, 2.24) is 5.32 Å². The highest BCUT2D eigenvalue weighted by Gasteiger charge is 2.17. The van der Waals surface area contributed by atoms with Crippen molar-refractivity contribution in [3.63, 3.8) is 0 Å². The molecule has 20 heavy (non-hydrogen) atoms. The van der Waals surface area contributed by atoms with E-state index in [0.29, 0.717) is 12.1 Å². The number of carbonyl (C=O) groups is 1. The van der Waals surface area contributed by atoms with E-state index in [1.807, 2.05) is 0 Å². The molecule has 1 heterocycles. The summed E-state index contributed by atoms with van der Waals surface area (Å²) in [5, 5.41) is 13.4. The quantitative estimate of drug-likeness (QED) is 0.475. The first-order valence-corrected chi connectivity index (χ1v) is 6.47. The summed E-state index contributed by atoms with van der Waals surface area (Å²) >= 11 is 0. The molecule has 0 bridgehead atoms. The lowest BCUT2D eigenvalue weighted by Gasteiger charge is -2.10. The SMILES string of the molecule is Nc1cc(CC(=O)NC[C@H]2CCCO2)ccc1[N+](=O)[O-]. The third kappa shape index (κ3) is 3.67. The molecular weight excluding hydrogens is 262 g/mol. The van der Waals surface area contributed by atoms with Gasteiger partial charge in [0.05, 0.1) is 17.4 Å². The van der Waals surface area contributed by atoms with E-state index in [4.69, 9.17) is 10.5 Å². The first-order valence-electron chi connectivity index (χ1n) is 6.47. The lowest BCUT2D eigenvalue weighted by atomic mass is 10.1. The first kappa shape index (κ1) is 14.3. The van der Waals surface area contributed by atoms with E-state index in [9.17, 15) is 14.9 Å². The molecule has 0 aromatic heterocycles. The standard InChI is InChI=1S/C13H17N3O4/c14-11-6-9(3-4-12(11)16(18)19)7-13(17)15-8-10-2-1-5-20-10/h3-4,6,10H,1-2,5,7-8,14H2,(H,15,17)/t10-/m1/s1. The number of ether oxygens (including phenoxy) is 1.